The molecule has 4 rings (SSSR count). The van der Waals surface area contributed by atoms with Gasteiger partial charge in [0.05, 0.1) is 23.1 Å². The zero-order valence-electron chi connectivity index (χ0n) is 16.9. The molecule has 0 radical (unpaired) electrons. The number of rotatable bonds is 5. The van der Waals surface area contributed by atoms with Gasteiger partial charge < -0.3 is 16.0 Å². The first-order chi connectivity index (χ1) is 15.1. The van der Waals surface area contributed by atoms with E-state index in [2.05, 4.69) is 21.0 Å². The molecule has 7 heteroatoms. The number of nitrogens with zero attached hydrogens (tertiary/aromatic N) is 2. The zero-order chi connectivity index (χ0) is 21.6. The van der Waals surface area contributed by atoms with Crippen molar-refractivity contribution in [3.8, 4) is 5.69 Å². The van der Waals surface area contributed by atoms with Crippen molar-refractivity contribution in [2.45, 2.75) is 6.92 Å². The van der Waals surface area contributed by atoms with Gasteiger partial charge in [-0.1, -0.05) is 36.4 Å². The van der Waals surface area contributed by atoms with Crippen LogP contribution >= 0.6 is 0 Å². The molecule has 3 N–H and O–H groups in total. The number of carbonyl (C=O) groups is 2. The fourth-order valence-corrected chi connectivity index (χ4v) is 3.11. The van der Waals surface area contributed by atoms with Crippen LogP contribution in [0.25, 0.3) is 5.69 Å². The van der Waals surface area contributed by atoms with Crippen LogP contribution in [0.2, 0.25) is 0 Å². The van der Waals surface area contributed by atoms with Crippen LogP contribution in [-0.2, 0) is 0 Å². The number of urea groups is 1. The van der Waals surface area contributed by atoms with Crippen molar-refractivity contribution in [2.75, 3.05) is 16.0 Å². The predicted octanol–water partition coefficient (Wildman–Crippen LogP) is 5.08. The number of amides is 3. The molecule has 3 aromatic carbocycles. The van der Waals surface area contributed by atoms with Gasteiger partial charge in [-0.2, -0.15) is 5.10 Å². The fraction of sp³-hybridized carbons (Fsp3) is 0.0417. The van der Waals surface area contributed by atoms with Gasteiger partial charge in [0.15, 0.2) is 0 Å². The summed E-state index contributed by atoms with van der Waals surface area (Å²) in [6.45, 7) is 1.85. The van der Waals surface area contributed by atoms with Gasteiger partial charge in [0.2, 0.25) is 0 Å². The van der Waals surface area contributed by atoms with Crippen LogP contribution in [-0.4, -0.2) is 21.7 Å². The normalized spacial score (nSPS) is 10.4. The van der Waals surface area contributed by atoms with Crippen LogP contribution in [0.15, 0.2) is 91.1 Å². The Kier molecular flexibility index (Phi) is 5.75. The predicted molar refractivity (Wildman–Crippen MR) is 122 cm³/mol. The molecule has 0 atom stereocenters. The zero-order valence-corrected chi connectivity index (χ0v) is 16.9. The second-order valence-corrected chi connectivity index (χ2v) is 6.87. The molecule has 31 heavy (non-hydrogen) atoms. The van der Waals surface area contributed by atoms with Gasteiger partial charge in [0.1, 0.15) is 0 Å². The standard InChI is InChI=1S/C24H21N5O2/c1-17-22(16-25-29(17)21-10-6-3-7-11-21)23(30)26-19-12-14-20(15-13-19)28-24(31)27-18-8-4-2-5-9-18/h2-16H,1H3,(H,26,30)(H2,27,28,31). The summed E-state index contributed by atoms with van der Waals surface area (Å²) in [4.78, 5) is 24.8. The Bertz CT molecular complexity index is 1190. The molecule has 0 unspecified atom stereocenters. The maximum Gasteiger partial charge on any atom is 0.323 e. The molecule has 0 spiro atoms. The third-order valence-corrected chi connectivity index (χ3v) is 4.69. The molecule has 154 valence electrons. The summed E-state index contributed by atoms with van der Waals surface area (Å²) < 4.78 is 1.73. The van der Waals surface area contributed by atoms with Crippen LogP contribution < -0.4 is 16.0 Å². The largest absolute Gasteiger partial charge is 0.323 e. The lowest BCUT2D eigenvalue weighted by Gasteiger charge is -2.09. The molecule has 0 aliphatic carbocycles. The quantitative estimate of drug-likeness (QED) is 0.428. The molecule has 0 fully saturated rings. The number of carbonyl (C=O) groups excluding carboxylic acids is 2. The highest BCUT2D eigenvalue weighted by atomic mass is 16.2. The molecule has 0 aliphatic rings. The monoisotopic (exact) mass is 411 g/mol. The van der Waals surface area contributed by atoms with Crippen molar-refractivity contribution < 1.29 is 9.59 Å². The molecule has 7 nitrogen and oxygen atoms in total. The second-order valence-electron chi connectivity index (χ2n) is 6.87. The van der Waals surface area contributed by atoms with Crippen LogP contribution in [0.3, 0.4) is 0 Å². The molecule has 1 aromatic heterocycles. The van der Waals surface area contributed by atoms with Crippen molar-refractivity contribution in [1.82, 2.24) is 9.78 Å². The Hall–Kier alpha value is -4.39. The minimum atomic E-state index is -0.341. The van der Waals surface area contributed by atoms with E-state index in [4.69, 9.17) is 0 Å². The first-order valence-corrected chi connectivity index (χ1v) is 9.75. The van der Waals surface area contributed by atoms with E-state index in [0.29, 0.717) is 22.6 Å². The number of hydrogen-bond acceptors (Lipinski definition) is 3. The number of aromatic nitrogens is 2. The van der Waals surface area contributed by atoms with E-state index < -0.39 is 0 Å². The van der Waals surface area contributed by atoms with E-state index in [1.165, 1.54) is 0 Å². The van der Waals surface area contributed by atoms with E-state index in [0.717, 1.165) is 11.4 Å². The lowest BCUT2D eigenvalue weighted by Crippen LogP contribution is -2.19. The van der Waals surface area contributed by atoms with Gasteiger partial charge in [-0.25, -0.2) is 9.48 Å². The van der Waals surface area contributed by atoms with E-state index in [9.17, 15) is 9.59 Å². The van der Waals surface area contributed by atoms with Crippen LogP contribution in [0.5, 0.6) is 0 Å². The molecule has 1 heterocycles. The smallest absolute Gasteiger partial charge is 0.322 e. The molecular formula is C24H21N5O2. The Morgan fingerprint density at radius 1 is 0.710 bits per heavy atom. The summed E-state index contributed by atoms with van der Waals surface area (Å²) in [6, 6.07) is 25.4. The average Bonchev–Trinajstić information content (AvgIpc) is 3.18. The Balaban J connectivity index is 1.38. The van der Waals surface area contributed by atoms with Crippen molar-refractivity contribution in [2.24, 2.45) is 0 Å². The Labute approximate surface area is 179 Å². The van der Waals surface area contributed by atoms with Crippen molar-refractivity contribution in [3.05, 3.63) is 102 Å². The Morgan fingerprint density at radius 3 is 1.84 bits per heavy atom. The lowest BCUT2D eigenvalue weighted by molar-refractivity contribution is 0.102. The number of nitrogens with one attached hydrogen (secondary N) is 3. The summed E-state index contributed by atoms with van der Waals surface area (Å²) in [6.07, 6.45) is 1.56. The second kappa shape index (κ2) is 8.96. The lowest BCUT2D eigenvalue weighted by atomic mass is 10.2. The van der Waals surface area contributed by atoms with E-state index >= 15 is 0 Å². The van der Waals surface area contributed by atoms with Gasteiger partial charge in [0, 0.05) is 17.1 Å². The summed E-state index contributed by atoms with van der Waals surface area (Å²) in [5.74, 6) is -0.248. The third kappa shape index (κ3) is 4.79. The highest BCUT2D eigenvalue weighted by Gasteiger charge is 2.15. The Morgan fingerprint density at radius 2 is 1.23 bits per heavy atom. The third-order valence-electron chi connectivity index (χ3n) is 4.69. The number of hydrogen-bond donors (Lipinski definition) is 3. The van der Waals surface area contributed by atoms with E-state index in [1.807, 2.05) is 55.5 Å². The molecule has 0 saturated heterocycles. The van der Waals surface area contributed by atoms with Crippen molar-refractivity contribution >= 4 is 29.0 Å². The van der Waals surface area contributed by atoms with Gasteiger partial charge >= 0.3 is 6.03 Å². The van der Waals surface area contributed by atoms with Crippen LogP contribution in [0, 0.1) is 6.92 Å². The minimum absolute atomic E-state index is 0.248. The van der Waals surface area contributed by atoms with E-state index in [1.54, 1.807) is 47.3 Å². The molecule has 0 bridgehead atoms. The van der Waals surface area contributed by atoms with E-state index in [-0.39, 0.29) is 11.9 Å². The fourth-order valence-electron chi connectivity index (χ4n) is 3.11. The maximum atomic E-state index is 12.7. The first kappa shape index (κ1) is 19.9. The van der Waals surface area contributed by atoms with Gasteiger partial charge in [0.25, 0.3) is 5.91 Å². The summed E-state index contributed by atoms with van der Waals surface area (Å²) in [7, 11) is 0. The average molecular weight is 411 g/mol. The molecule has 0 saturated carbocycles. The number of anilines is 3. The minimum Gasteiger partial charge on any atom is -0.322 e. The molecule has 3 amide bonds. The van der Waals surface area contributed by atoms with Crippen LogP contribution in [0.4, 0.5) is 21.9 Å². The highest BCUT2D eigenvalue weighted by molar-refractivity contribution is 6.05. The van der Waals surface area contributed by atoms with Crippen LogP contribution in [0.1, 0.15) is 16.1 Å². The molecule has 0 aliphatic heterocycles. The van der Waals surface area contributed by atoms with Crippen molar-refractivity contribution in [3.63, 3.8) is 0 Å². The SMILES string of the molecule is Cc1c(C(=O)Nc2ccc(NC(=O)Nc3ccccc3)cc2)cnn1-c1ccccc1. The highest BCUT2D eigenvalue weighted by Crippen LogP contribution is 2.18. The topological polar surface area (TPSA) is 88.1 Å². The number of benzene rings is 3. The molecular weight excluding hydrogens is 390 g/mol. The number of para-hydroxylation sites is 2. The molecule has 4 aromatic rings. The summed E-state index contributed by atoms with van der Waals surface area (Å²) >= 11 is 0. The maximum absolute atomic E-state index is 12.7. The first-order valence-electron chi connectivity index (χ1n) is 9.75. The van der Waals surface area contributed by atoms with Crippen molar-refractivity contribution in [1.29, 1.82) is 0 Å². The van der Waals surface area contributed by atoms with Gasteiger partial charge in [-0.15, -0.1) is 0 Å². The van der Waals surface area contributed by atoms with Gasteiger partial charge in [-0.05, 0) is 55.5 Å². The van der Waals surface area contributed by atoms with Gasteiger partial charge in [-0.3, -0.25) is 4.79 Å². The summed E-state index contributed by atoms with van der Waals surface area (Å²) in [5, 5.41) is 12.7. The summed E-state index contributed by atoms with van der Waals surface area (Å²) in [5.41, 5.74) is 4.07.